The number of aryl methyl sites for hydroxylation is 2. The summed E-state index contributed by atoms with van der Waals surface area (Å²) in [6, 6.07) is 6.29. The van der Waals surface area contributed by atoms with Gasteiger partial charge in [-0.15, -0.1) is 10.2 Å². The van der Waals surface area contributed by atoms with Gasteiger partial charge in [0.25, 0.3) is 0 Å². The lowest BCUT2D eigenvalue weighted by Crippen LogP contribution is -2.45. The van der Waals surface area contributed by atoms with E-state index in [1.807, 2.05) is 44.0 Å². The molecule has 0 aliphatic carbocycles. The van der Waals surface area contributed by atoms with E-state index in [0.717, 1.165) is 49.0 Å². The highest BCUT2D eigenvalue weighted by Gasteiger charge is 2.24. The smallest absolute Gasteiger partial charge is 0.219 e. The summed E-state index contributed by atoms with van der Waals surface area (Å²) in [5.41, 5.74) is 2.01. The molecule has 0 atom stereocenters. The Morgan fingerprint density at radius 1 is 1.17 bits per heavy atom. The fraction of sp³-hybridized carbons (Fsp3) is 0.529. The molecule has 0 radical (unpaired) electrons. The molecule has 1 saturated heterocycles. The van der Waals surface area contributed by atoms with E-state index >= 15 is 0 Å². The average Bonchev–Trinajstić information content (AvgIpc) is 2.93. The first kappa shape index (κ1) is 16.4. The molecule has 2 aromatic heterocycles. The number of hydrogen-bond donors (Lipinski definition) is 0. The van der Waals surface area contributed by atoms with E-state index < -0.39 is 0 Å². The molecule has 3 heterocycles. The van der Waals surface area contributed by atoms with Crippen LogP contribution in [0.2, 0.25) is 0 Å². The van der Waals surface area contributed by atoms with E-state index in [2.05, 4.69) is 20.2 Å². The average molecular weight is 328 g/mol. The van der Waals surface area contributed by atoms with Crippen LogP contribution in [0.1, 0.15) is 31.2 Å². The summed E-state index contributed by atoms with van der Waals surface area (Å²) in [5, 5.41) is 13.1. The second kappa shape index (κ2) is 6.59. The van der Waals surface area contributed by atoms with E-state index in [1.54, 1.807) is 11.6 Å². The Morgan fingerprint density at radius 3 is 2.29 bits per heavy atom. The number of hydrogen-bond acceptors (Lipinski definition) is 5. The number of carbonyl (C=O) groups is 1. The van der Waals surface area contributed by atoms with Crippen molar-refractivity contribution in [2.75, 3.05) is 25.0 Å². The Balaban J connectivity index is 1.67. The third kappa shape index (κ3) is 3.25. The lowest BCUT2D eigenvalue weighted by atomic mass is 10.0. The summed E-state index contributed by atoms with van der Waals surface area (Å²) in [7, 11) is 1.88. The summed E-state index contributed by atoms with van der Waals surface area (Å²) in [6.45, 7) is 7.36. The van der Waals surface area contributed by atoms with Crippen molar-refractivity contribution in [1.82, 2.24) is 24.9 Å². The van der Waals surface area contributed by atoms with Gasteiger partial charge in [-0.2, -0.15) is 5.10 Å². The number of nitrogens with zero attached hydrogens (tertiary/aromatic N) is 6. The largest absolute Gasteiger partial charge is 0.355 e. The number of piperidine rings is 1. The number of carbonyl (C=O) groups excluding carboxylic acids is 1. The molecule has 128 valence electrons. The van der Waals surface area contributed by atoms with Crippen LogP contribution in [0.15, 0.2) is 18.2 Å². The van der Waals surface area contributed by atoms with Gasteiger partial charge in [0.2, 0.25) is 5.91 Å². The van der Waals surface area contributed by atoms with Crippen LogP contribution in [0.5, 0.6) is 0 Å². The molecule has 0 aromatic carbocycles. The standard InChI is InChI=1S/C17H24N6O/c1-12-11-13(2)23(20-12)17-6-5-16(18-19-17)22-9-7-15(8-10-22)21(4)14(3)24/h5-6,11,15H,7-10H2,1-4H3. The minimum atomic E-state index is 0.127. The van der Waals surface area contributed by atoms with Crippen molar-refractivity contribution in [3.63, 3.8) is 0 Å². The maximum atomic E-state index is 11.5. The van der Waals surface area contributed by atoms with Gasteiger partial charge in [-0.05, 0) is 44.9 Å². The van der Waals surface area contributed by atoms with Gasteiger partial charge in [-0.1, -0.05) is 0 Å². The zero-order valence-electron chi connectivity index (χ0n) is 14.7. The predicted molar refractivity (Wildman–Crippen MR) is 92.3 cm³/mol. The van der Waals surface area contributed by atoms with E-state index in [0.29, 0.717) is 6.04 Å². The topological polar surface area (TPSA) is 67.2 Å². The fourth-order valence-electron chi connectivity index (χ4n) is 3.20. The fourth-order valence-corrected chi connectivity index (χ4v) is 3.20. The summed E-state index contributed by atoms with van der Waals surface area (Å²) >= 11 is 0. The number of aromatic nitrogens is 4. The molecule has 7 nitrogen and oxygen atoms in total. The lowest BCUT2D eigenvalue weighted by molar-refractivity contribution is -0.129. The Hall–Kier alpha value is -2.44. The van der Waals surface area contributed by atoms with Gasteiger partial charge in [0.05, 0.1) is 5.69 Å². The zero-order chi connectivity index (χ0) is 17.3. The normalized spacial score (nSPS) is 15.6. The first-order valence-corrected chi connectivity index (χ1v) is 8.31. The highest BCUT2D eigenvalue weighted by molar-refractivity contribution is 5.73. The van der Waals surface area contributed by atoms with E-state index in [9.17, 15) is 4.79 Å². The van der Waals surface area contributed by atoms with Gasteiger partial charge in [0.1, 0.15) is 0 Å². The van der Waals surface area contributed by atoms with Crippen molar-refractivity contribution < 1.29 is 4.79 Å². The Labute approximate surface area is 142 Å². The second-order valence-corrected chi connectivity index (χ2v) is 6.44. The number of amides is 1. The van der Waals surface area contributed by atoms with E-state index in [4.69, 9.17) is 0 Å². The molecule has 1 fully saturated rings. The molecule has 1 aliphatic rings. The van der Waals surface area contributed by atoms with Gasteiger partial charge in [-0.25, -0.2) is 4.68 Å². The van der Waals surface area contributed by atoms with Crippen molar-refractivity contribution in [3.8, 4) is 5.82 Å². The quantitative estimate of drug-likeness (QED) is 0.858. The molecule has 0 saturated carbocycles. The Morgan fingerprint density at radius 2 is 1.79 bits per heavy atom. The summed E-state index contributed by atoms with van der Waals surface area (Å²) in [4.78, 5) is 15.5. The summed E-state index contributed by atoms with van der Waals surface area (Å²) in [5.74, 6) is 1.74. The Bertz CT molecular complexity index is 715. The molecule has 1 amide bonds. The van der Waals surface area contributed by atoms with Crippen LogP contribution < -0.4 is 4.90 Å². The maximum Gasteiger partial charge on any atom is 0.219 e. The minimum Gasteiger partial charge on any atom is -0.355 e. The van der Waals surface area contributed by atoms with Gasteiger partial charge in [0, 0.05) is 38.8 Å². The maximum absolute atomic E-state index is 11.5. The number of rotatable bonds is 3. The van der Waals surface area contributed by atoms with Crippen LogP contribution in [0.3, 0.4) is 0 Å². The van der Waals surface area contributed by atoms with Gasteiger partial charge >= 0.3 is 0 Å². The van der Waals surface area contributed by atoms with Gasteiger partial charge in [-0.3, -0.25) is 4.79 Å². The van der Waals surface area contributed by atoms with Crippen molar-refractivity contribution >= 4 is 11.7 Å². The molecule has 3 rings (SSSR count). The highest BCUT2D eigenvalue weighted by atomic mass is 16.2. The monoisotopic (exact) mass is 328 g/mol. The molecule has 7 heteroatoms. The summed E-state index contributed by atoms with van der Waals surface area (Å²) < 4.78 is 1.81. The third-order valence-electron chi connectivity index (χ3n) is 4.70. The molecule has 0 bridgehead atoms. The van der Waals surface area contributed by atoms with E-state index in [-0.39, 0.29) is 5.91 Å². The molecular weight excluding hydrogens is 304 g/mol. The highest BCUT2D eigenvalue weighted by Crippen LogP contribution is 2.21. The first-order valence-electron chi connectivity index (χ1n) is 8.31. The van der Waals surface area contributed by atoms with Crippen molar-refractivity contribution in [2.45, 2.75) is 39.7 Å². The molecule has 2 aromatic rings. The molecule has 0 spiro atoms. The lowest BCUT2D eigenvalue weighted by Gasteiger charge is -2.36. The van der Waals surface area contributed by atoms with E-state index in [1.165, 1.54) is 0 Å². The van der Waals surface area contributed by atoms with Crippen molar-refractivity contribution in [1.29, 1.82) is 0 Å². The van der Waals surface area contributed by atoms with Gasteiger partial charge in [0.15, 0.2) is 11.6 Å². The summed E-state index contributed by atoms with van der Waals surface area (Å²) in [6.07, 6.45) is 1.91. The SMILES string of the molecule is CC(=O)N(C)C1CCN(c2ccc(-n3nc(C)cc3C)nn2)CC1. The number of anilines is 1. The molecule has 0 unspecified atom stereocenters. The minimum absolute atomic E-state index is 0.127. The van der Waals surface area contributed by atoms with Crippen LogP contribution in [0, 0.1) is 13.8 Å². The molecule has 0 N–H and O–H groups in total. The predicted octanol–water partition coefficient (Wildman–Crippen LogP) is 1.73. The van der Waals surface area contributed by atoms with Gasteiger partial charge < -0.3 is 9.80 Å². The van der Waals surface area contributed by atoms with Crippen LogP contribution in [-0.2, 0) is 4.79 Å². The Kier molecular flexibility index (Phi) is 4.51. The van der Waals surface area contributed by atoms with Crippen LogP contribution >= 0.6 is 0 Å². The molecule has 24 heavy (non-hydrogen) atoms. The third-order valence-corrected chi connectivity index (χ3v) is 4.70. The zero-order valence-corrected chi connectivity index (χ0v) is 14.7. The van der Waals surface area contributed by atoms with Crippen LogP contribution in [0.4, 0.5) is 5.82 Å². The molecule has 1 aliphatic heterocycles. The van der Waals surface area contributed by atoms with Crippen molar-refractivity contribution in [2.24, 2.45) is 0 Å². The molecular formula is C17H24N6O. The first-order chi connectivity index (χ1) is 11.5. The second-order valence-electron chi connectivity index (χ2n) is 6.44. The van der Waals surface area contributed by atoms with Crippen LogP contribution in [0.25, 0.3) is 5.82 Å². The van der Waals surface area contributed by atoms with Crippen LogP contribution in [-0.4, -0.2) is 57.0 Å². The van der Waals surface area contributed by atoms with Crippen molar-refractivity contribution in [3.05, 3.63) is 29.6 Å².